The van der Waals surface area contributed by atoms with Crippen LogP contribution in [0.5, 0.6) is 0 Å². The number of piperidine rings is 1. The lowest BCUT2D eigenvalue weighted by molar-refractivity contribution is -0.144. The summed E-state index contributed by atoms with van der Waals surface area (Å²) in [6.07, 6.45) is -1.03. The molecule has 1 aliphatic carbocycles. The third kappa shape index (κ3) is 6.09. The highest BCUT2D eigenvalue weighted by Crippen LogP contribution is 2.65. The van der Waals surface area contributed by atoms with Gasteiger partial charge in [-0.3, -0.25) is 14.4 Å². The van der Waals surface area contributed by atoms with Gasteiger partial charge >= 0.3 is 6.09 Å². The van der Waals surface area contributed by atoms with Crippen LogP contribution in [0.1, 0.15) is 59.6 Å². The molecule has 0 radical (unpaired) electrons. The second kappa shape index (κ2) is 10.8. The Labute approximate surface area is 240 Å². The average molecular weight is 564 g/mol. The molecule has 10 nitrogen and oxygen atoms in total. The van der Waals surface area contributed by atoms with Crippen LogP contribution in [-0.4, -0.2) is 58.6 Å². The van der Waals surface area contributed by atoms with E-state index in [1.54, 1.807) is 24.8 Å². The van der Waals surface area contributed by atoms with Gasteiger partial charge in [0.15, 0.2) is 0 Å². The molecule has 220 valence electrons. The number of likely N-dealkylation sites (tertiary alicyclic amines) is 1. The largest absolute Gasteiger partial charge is 0.447 e. The van der Waals surface area contributed by atoms with Crippen LogP contribution in [0.4, 0.5) is 4.79 Å². The number of hydrogen-bond acceptors (Lipinski definition) is 6. The second-order valence-electron chi connectivity index (χ2n) is 13.4. The molecule has 2 fully saturated rings. The number of amides is 3. The number of benzene rings is 1. The van der Waals surface area contributed by atoms with Crippen molar-refractivity contribution in [3.05, 3.63) is 45.7 Å². The minimum absolute atomic E-state index is 0.0207. The first-order chi connectivity index (χ1) is 19.0. The maximum Gasteiger partial charge on any atom is 0.408 e. The summed E-state index contributed by atoms with van der Waals surface area (Å²) in [5.41, 5.74) is 1.01. The Kier molecular flexibility index (Phi) is 7.96. The van der Waals surface area contributed by atoms with Crippen molar-refractivity contribution in [2.75, 3.05) is 6.54 Å². The molecule has 41 heavy (non-hydrogen) atoms. The van der Waals surface area contributed by atoms with Crippen molar-refractivity contribution in [2.45, 2.75) is 86.0 Å². The number of aromatic nitrogens is 1. The summed E-state index contributed by atoms with van der Waals surface area (Å²) < 4.78 is 5.23. The van der Waals surface area contributed by atoms with Crippen molar-refractivity contribution in [3.63, 3.8) is 0 Å². The number of nitrogens with one attached hydrogen (secondary N) is 3. The molecule has 5 atom stereocenters. The van der Waals surface area contributed by atoms with Crippen LogP contribution in [-0.2, 0) is 20.7 Å². The van der Waals surface area contributed by atoms with Gasteiger partial charge in [0.1, 0.15) is 18.1 Å². The Morgan fingerprint density at radius 3 is 2.49 bits per heavy atom. The predicted octanol–water partition coefficient (Wildman–Crippen LogP) is 3.42. The van der Waals surface area contributed by atoms with Gasteiger partial charge in [-0.05, 0) is 67.0 Å². The van der Waals surface area contributed by atoms with Gasteiger partial charge in [0.2, 0.25) is 11.8 Å². The molecule has 2 unspecified atom stereocenters. The molecule has 1 aliphatic heterocycles. The maximum atomic E-state index is 13.9. The van der Waals surface area contributed by atoms with E-state index in [0.717, 1.165) is 10.9 Å². The fourth-order valence-electron chi connectivity index (χ4n) is 6.12. The quantitative estimate of drug-likeness (QED) is 0.471. The molecular weight excluding hydrogens is 522 g/mol. The molecule has 0 spiro atoms. The van der Waals surface area contributed by atoms with Crippen LogP contribution in [0.25, 0.3) is 10.9 Å². The maximum absolute atomic E-state index is 13.9. The highest BCUT2D eigenvalue weighted by atomic mass is 16.6. The molecule has 0 bridgehead atoms. The Balaban J connectivity index is 1.56. The molecular formula is C31H41N5O5. The number of aryl methyl sites for hydroxylation is 1. The van der Waals surface area contributed by atoms with Gasteiger partial charge in [0, 0.05) is 24.0 Å². The Morgan fingerprint density at radius 1 is 1.20 bits per heavy atom. The molecule has 4 rings (SSSR count). The van der Waals surface area contributed by atoms with Gasteiger partial charge in [-0.25, -0.2) is 4.79 Å². The van der Waals surface area contributed by atoms with Crippen LogP contribution in [0.3, 0.4) is 0 Å². The summed E-state index contributed by atoms with van der Waals surface area (Å²) in [6.45, 7) is 15.5. The van der Waals surface area contributed by atoms with E-state index < -0.39 is 35.5 Å². The smallest absolute Gasteiger partial charge is 0.408 e. The fraction of sp³-hybridized carbons (Fsp3) is 0.581. The summed E-state index contributed by atoms with van der Waals surface area (Å²) in [5.74, 6) is -0.761. The van der Waals surface area contributed by atoms with Crippen LogP contribution in [0.15, 0.2) is 29.1 Å². The zero-order valence-corrected chi connectivity index (χ0v) is 25.1. The van der Waals surface area contributed by atoms with Crippen molar-refractivity contribution in [2.24, 2.45) is 22.7 Å². The van der Waals surface area contributed by atoms with Gasteiger partial charge in [-0.1, -0.05) is 46.2 Å². The zero-order chi connectivity index (χ0) is 30.4. The number of nitriles is 1. The number of fused-ring (bicyclic) bond motifs is 2. The van der Waals surface area contributed by atoms with Gasteiger partial charge in [-0.2, -0.15) is 5.26 Å². The summed E-state index contributed by atoms with van der Waals surface area (Å²) in [7, 11) is 0. The number of pyridine rings is 1. The van der Waals surface area contributed by atoms with E-state index in [-0.39, 0.29) is 41.2 Å². The number of nitrogens with zero attached hydrogens (tertiary/aromatic N) is 2. The third-order valence-corrected chi connectivity index (χ3v) is 8.45. The van der Waals surface area contributed by atoms with E-state index in [0.29, 0.717) is 17.6 Å². The summed E-state index contributed by atoms with van der Waals surface area (Å²) >= 11 is 0. The van der Waals surface area contributed by atoms with Gasteiger partial charge in [0.25, 0.3) is 5.56 Å². The molecule has 2 aliphatic rings. The van der Waals surface area contributed by atoms with Crippen molar-refractivity contribution >= 4 is 28.8 Å². The lowest BCUT2D eigenvalue weighted by Gasteiger charge is -2.37. The molecule has 1 saturated heterocycles. The van der Waals surface area contributed by atoms with Crippen LogP contribution < -0.4 is 16.2 Å². The Bertz CT molecular complexity index is 1460. The van der Waals surface area contributed by atoms with E-state index in [1.807, 2.05) is 45.9 Å². The lowest BCUT2D eigenvalue weighted by Crippen LogP contribution is -2.60. The summed E-state index contributed by atoms with van der Waals surface area (Å²) in [4.78, 5) is 57.3. The van der Waals surface area contributed by atoms with Crippen molar-refractivity contribution in [3.8, 4) is 6.07 Å². The minimum atomic E-state index is -0.971. The fourth-order valence-corrected chi connectivity index (χ4v) is 6.12. The number of rotatable bonds is 7. The monoisotopic (exact) mass is 563 g/mol. The molecule has 3 amide bonds. The first kappa shape index (κ1) is 30.1. The number of hydrogen-bond donors (Lipinski definition) is 3. The topological polar surface area (TPSA) is 144 Å². The van der Waals surface area contributed by atoms with E-state index in [2.05, 4.69) is 35.5 Å². The molecule has 3 N–H and O–H groups in total. The van der Waals surface area contributed by atoms with Gasteiger partial charge in [0.05, 0.1) is 12.2 Å². The number of ether oxygens (including phenoxy) is 1. The average Bonchev–Trinajstić information content (AvgIpc) is 3.19. The number of carbonyl (C=O) groups is 3. The van der Waals surface area contributed by atoms with Crippen molar-refractivity contribution < 1.29 is 19.1 Å². The Morgan fingerprint density at radius 2 is 1.88 bits per heavy atom. The first-order valence-electron chi connectivity index (χ1n) is 14.1. The third-order valence-electron chi connectivity index (χ3n) is 8.45. The van der Waals surface area contributed by atoms with Crippen LogP contribution >= 0.6 is 0 Å². The molecule has 1 aromatic carbocycles. The van der Waals surface area contributed by atoms with Crippen molar-refractivity contribution in [1.29, 1.82) is 5.26 Å². The molecule has 2 heterocycles. The van der Waals surface area contributed by atoms with E-state index in [1.165, 1.54) is 0 Å². The number of H-pyrrole nitrogens is 1. The highest BCUT2D eigenvalue weighted by molar-refractivity contribution is 5.93. The number of carbonyl (C=O) groups excluding carboxylic acids is 3. The Hall–Kier alpha value is -3.87. The van der Waals surface area contributed by atoms with E-state index >= 15 is 0 Å². The van der Waals surface area contributed by atoms with Gasteiger partial charge < -0.3 is 25.3 Å². The van der Waals surface area contributed by atoms with E-state index in [4.69, 9.17) is 4.74 Å². The van der Waals surface area contributed by atoms with Crippen LogP contribution in [0, 0.1) is 40.9 Å². The normalized spacial score (nSPS) is 22.4. The SMILES string of the molecule is Cc1ccc2[nH]c(=O)c(C[C@H](C#N)NC(=O)C3[C@H]4C(CN3C(=O)[C@H](NC(=O)OC(C)C)C(C)(C)C)C4(C)C)cc2c1. The second-order valence-corrected chi connectivity index (χ2v) is 13.4. The highest BCUT2D eigenvalue weighted by Gasteiger charge is 2.69. The van der Waals surface area contributed by atoms with Crippen molar-refractivity contribution in [1.82, 2.24) is 20.5 Å². The number of aromatic amines is 1. The van der Waals surface area contributed by atoms with Gasteiger partial charge in [-0.15, -0.1) is 0 Å². The summed E-state index contributed by atoms with van der Waals surface area (Å²) in [5, 5.41) is 16.3. The zero-order valence-electron chi connectivity index (χ0n) is 25.1. The standard InChI is InChI=1S/C31H41N5O5/c1-16(2)41-29(40)35-25(30(4,5)6)28(39)36-15-21-23(31(21,7)8)24(36)27(38)33-20(14-32)13-19-12-18-11-17(3)9-10-22(18)34-26(19)37/h9-12,16,20-21,23-25H,13,15H2,1-8H3,(H,33,38)(H,34,37)(H,35,40)/t20-,21?,23-,24?,25+/m1/s1. The number of alkyl carbamates (subject to hydrolysis) is 1. The minimum Gasteiger partial charge on any atom is -0.447 e. The summed E-state index contributed by atoms with van der Waals surface area (Å²) in [6, 6.07) is 6.86. The lowest BCUT2D eigenvalue weighted by atomic mass is 9.85. The van der Waals surface area contributed by atoms with Crippen LogP contribution in [0.2, 0.25) is 0 Å². The molecule has 1 aromatic heterocycles. The first-order valence-corrected chi connectivity index (χ1v) is 14.1. The predicted molar refractivity (Wildman–Crippen MR) is 155 cm³/mol. The molecule has 2 aromatic rings. The molecule has 1 saturated carbocycles. The molecule has 10 heteroatoms. The van der Waals surface area contributed by atoms with E-state index in [9.17, 15) is 24.4 Å².